The summed E-state index contributed by atoms with van der Waals surface area (Å²) >= 11 is 0. The molecule has 0 fully saturated rings. The number of hydrogen-bond acceptors (Lipinski definition) is 4. The van der Waals surface area contributed by atoms with Crippen LogP contribution in [0, 0.1) is 0 Å². The van der Waals surface area contributed by atoms with Crippen molar-refractivity contribution >= 4 is 5.97 Å². The van der Waals surface area contributed by atoms with Gasteiger partial charge in [-0.1, -0.05) is 12.7 Å². The molecule has 0 aromatic rings. The molecule has 0 heterocycles. The number of ether oxygens (including phenoxy) is 1. The lowest BCUT2D eigenvalue weighted by Gasteiger charge is -2.32. The number of hydrogen-bond donors (Lipinski definition) is 0. The van der Waals surface area contributed by atoms with Crippen LogP contribution < -0.4 is 0 Å². The van der Waals surface area contributed by atoms with Crippen LogP contribution in [0.2, 0.25) is 0 Å². The van der Waals surface area contributed by atoms with Crippen molar-refractivity contribution in [2.24, 2.45) is 0 Å². The van der Waals surface area contributed by atoms with E-state index in [9.17, 15) is 4.79 Å². The zero-order chi connectivity index (χ0) is 18.5. The van der Waals surface area contributed by atoms with Crippen molar-refractivity contribution in [1.82, 2.24) is 0 Å². The topological polar surface area (TPSA) is 44.8 Å². The molecule has 0 spiro atoms. The minimum Gasteiger partial charge on any atom is -0.457 e. The van der Waals surface area contributed by atoms with Crippen molar-refractivity contribution in [3.05, 3.63) is 25.3 Å². The Labute approximate surface area is 147 Å². The van der Waals surface area contributed by atoms with E-state index >= 15 is 0 Å². The highest BCUT2D eigenvalue weighted by Gasteiger charge is 2.18. The van der Waals surface area contributed by atoms with Gasteiger partial charge in [0.1, 0.15) is 32.9 Å². The summed E-state index contributed by atoms with van der Waals surface area (Å²) in [6.45, 7) is 12.3. The number of esters is 1. The smallest absolute Gasteiger partial charge is 0.330 e. The predicted molar refractivity (Wildman–Crippen MR) is 96.2 cm³/mol. The van der Waals surface area contributed by atoms with Gasteiger partial charge in [0.15, 0.2) is 0 Å². The molecule has 0 rings (SSSR count). The molecule has 140 valence electrons. The first-order chi connectivity index (χ1) is 11.2. The number of rotatable bonds is 15. The molecule has 0 bridgehead atoms. The Bertz CT molecular complexity index is 381. The van der Waals surface area contributed by atoms with Gasteiger partial charge in [0.05, 0.1) is 41.3 Å². The van der Waals surface area contributed by atoms with Crippen molar-refractivity contribution in [2.45, 2.75) is 12.8 Å². The summed E-state index contributed by atoms with van der Waals surface area (Å²) < 4.78 is 6.80. The van der Waals surface area contributed by atoms with Crippen molar-refractivity contribution in [3.63, 3.8) is 0 Å². The minimum absolute atomic E-state index is 0.353. The second kappa shape index (κ2) is 12.2. The van der Waals surface area contributed by atoms with E-state index in [1.54, 1.807) is 6.08 Å². The maximum atomic E-state index is 11.0. The summed E-state index contributed by atoms with van der Waals surface area (Å²) in [7, 11) is 8.72. The molecule has 0 saturated heterocycles. The molecule has 6 nitrogen and oxygen atoms in total. The fourth-order valence-corrected chi connectivity index (χ4v) is 2.20. The molecule has 0 saturated carbocycles. The van der Waals surface area contributed by atoms with Gasteiger partial charge in [-0.05, 0) is 0 Å². The second-order valence-corrected chi connectivity index (χ2v) is 7.24. The summed E-state index contributed by atoms with van der Waals surface area (Å²) in [5.41, 5.74) is 0. The Morgan fingerprint density at radius 3 is 1.92 bits per heavy atom. The lowest BCUT2D eigenvalue weighted by molar-refractivity contribution is -0.897. The van der Waals surface area contributed by atoms with Crippen LogP contribution >= 0.6 is 0 Å². The average molecular weight is 344 g/mol. The van der Waals surface area contributed by atoms with Gasteiger partial charge < -0.3 is 13.7 Å². The zero-order valence-electron chi connectivity index (χ0n) is 16.0. The monoisotopic (exact) mass is 344 g/mol. The average Bonchev–Trinajstić information content (AvgIpc) is 2.51. The number of nitrogens with zero attached hydrogens (tertiary/aromatic N) is 2. The van der Waals surface area contributed by atoms with Gasteiger partial charge >= 0.3 is 5.97 Å². The van der Waals surface area contributed by atoms with E-state index in [1.807, 2.05) is 0 Å². The first-order valence-electron chi connectivity index (χ1n) is 8.51. The number of carbonyl (C=O) groups excluding carboxylic acids is 1. The van der Waals surface area contributed by atoms with E-state index in [1.165, 1.54) is 6.08 Å². The summed E-state index contributed by atoms with van der Waals surface area (Å²) in [6.07, 6.45) is 5.15. The lowest BCUT2D eigenvalue weighted by atomic mass is 10.2. The van der Waals surface area contributed by atoms with Crippen LogP contribution in [0.5, 0.6) is 0 Å². The van der Waals surface area contributed by atoms with Crippen molar-refractivity contribution < 1.29 is 28.3 Å². The quantitative estimate of drug-likeness (QED) is 0.0864. The van der Waals surface area contributed by atoms with Gasteiger partial charge in [-0.3, -0.25) is 0 Å². The number of unbranched alkanes of at least 4 members (excludes halogenated alkanes) is 1. The van der Waals surface area contributed by atoms with Crippen LogP contribution in [0.1, 0.15) is 12.8 Å². The van der Waals surface area contributed by atoms with Crippen molar-refractivity contribution in [3.8, 4) is 0 Å². The highest BCUT2D eigenvalue weighted by atomic mass is 17.2. The van der Waals surface area contributed by atoms with Crippen molar-refractivity contribution in [2.75, 3.05) is 74.2 Å². The van der Waals surface area contributed by atoms with Gasteiger partial charge in [0, 0.05) is 18.9 Å². The van der Waals surface area contributed by atoms with E-state index < -0.39 is 0 Å². The van der Waals surface area contributed by atoms with Gasteiger partial charge in [-0.25, -0.2) is 14.6 Å². The molecule has 0 unspecified atom stereocenters. The van der Waals surface area contributed by atoms with E-state index in [0.717, 1.165) is 48.0 Å². The summed E-state index contributed by atoms with van der Waals surface area (Å²) in [5, 5.41) is 0. The minimum atomic E-state index is -0.353. The zero-order valence-corrected chi connectivity index (χ0v) is 16.0. The standard InChI is InChI=1S/C18H36N2O4/c1-7-15-23-24-17-14-20(5,6)12-10-9-11-19(3,4)13-16-22-18(21)8-2/h7-8H,1-2,9-17H2,3-6H3/q+2. The van der Waals surface area contributed by atoms with E-state index in [4.69, 9.17) is 14.5 Å². The maximum absolute atomic E-state index is 11.0. The first kappa shape index (κ1) is 22.8. The van der Waals surface area contributed by atoms with Gasteiger partial charge in [-0.2, -0.15) is 0 Å². The Hall–Kier alpha value is -1.21. The van der Waals surface area contributed by atoms with E-state index in [0.29, 0.717) is 19.8 Å². The number of likely N-dealkylation sites (N-methyl/N-ethyl adjacent to an activating group) is 2. The molecule has 0 aromatic heterocycles. The third-order valence-corrected chi connectivity index (χ3v) is 3.93. The van der Waals surface area contributed by atoms with Crippen LogP contribution in [0.15, 0.2) is 25.3 Å². The number of carbonyl (C=O) groups is 1. The highest BCUT2D eigenvalue weighted by Crippen LogP contribution is 2.06. The lowest BCUT2D eigenvalue weighted by Crippen LogP contribution is -2.45. The Morgan fingerprint density at radius 1 is 0.875 bits per heavy atom. The van der Waals surface area contributed by atoms with Crippen LogP contribution in [0.3, 0.4) is 0 Å². The molecule has 0 aliphatic heterocycles. The number of quaternary nitrogens is 2. The molecule has 0 N–H and O–H groups in total. The molecular weight excluding hydrogens is 308 g/mol. The molecule has 0 aliphatic carbocycles. The normalized spacial score (nSPS) is 12.0. The largest absolute Gasteiger partial charge is 0.457 e. The molecule has 0 aliphatic rings. The van der Waals surface area contributed by atoms with Gasteiger partial charge in [0.2, 0.25) is 0 Å². The Balaban J connectivity index is 3.81. The van der Waals surface area contributed by atoms with E-state index in [2.05, 4.69) is 41.3 Å². The fourth-order valence-electron chi connectivity index (χ4n) is 2.20. The summed E-state index contributed by atoms with van der Waals surface area (Å²) in [4.78, 5) is 21.1. The fraction of sp³-hybridized carbons (Fsp3) is 0.722. The second-order valence-electron chi connectivity index (χ2n) is 7.24. The molecule has 0 aromatic carbocycles. The maximum Gasteiger partial charge on any atom is 0.330 e. The summed E-state index contributed by atoms with van der Waals surface area (Å²) in [5.74, 6) is -0.353. The third kappa shape index (κ3) is 13.2. The van der Waals surface area contributed by atoms with Gasteiger partial charge in [-0.15, -0.1) is 6.58 Å². The molecular formula is C18H36N2O4+2. The SMILES string of the molecule is C=CCOOCC[N+](C)(C)CCCC[N+](C)(C)CCOC(=O)C=C. The van der Waals surface area contributed by atoms with E-state index in [-0.39, 0.29) is 5.97 Å². The predicted octanol–water partition coefficient (Wildman–Crippen LogP) is 1.78. The van der Waals surface area contributed by atoms with Crippen molar-refractivity contribution in [1.29, 1.82) is 0 Å². The molecule has 24 heavy (non-hydrogen) atoms. The van der Waals surface area contributed by atoms with Crippen LogP contribution in [-0.4, -0.2) is 89.1 Å². The Morgan fingerprint density at radius 2 is 1.42 bits per heavy atom. The molecule has 0 atom stereocenters. The van der Waals surface area contributed by atoms with Gasteiger partial charge in [0.25, 0.3) is 0 Å². The molecule has 0 amide bonds. The highest BCUT2D eigenvalue weighted by molar-refractivity contribution is 5.81. The molecule has 6 heteroatoms. The van der Waals surface area contributed by atoms with Crippen LogP contribution in [-0.2, 0) is 19.3 Å². The van der Waals surface area contributed by atoms with Crippen LogP contribution in [0.25, 0.3) is 0 Å². The summed E-state index contributed by atoms with van der Waals surface area (Å²) in [6, 6.07) is 0. The Kier molecular flexibility index (Phi) is 11.6. The third-order valence-electron chi connectivity index (χ3n) is 3.93. The first-order valence-corrected chi connectivity index (χ1v) is 8.51. The molecule has 0 radical (unpaired) electrons. The van der Waals surface area contributed by atoms with Crippen LogP contribution in [0.4, 0.5) is 0 Å².